The van der Waals surface area contributed by atoms with E-state index in [4.69, 9.17) is 4.74 Å². The normalized spacial score (nSPS) is 15.2. The molecule has 1 aliphatic heterocycles. The fourth-order valence-corrected chi connectivity index (χ4v) is 5.28. The number of thioether (sulfide) groups is 2. The number of carbonyl (C=O) groups is 1. The monoisotopic (exact) mass is 345 g/mol. The molecule has 0 unspecified atom stereocenters. The number of rotatable bonds is 4. The molecule has 2 aromatic rings. The van der Waals surface area contributed by atoms with E-state index in [1.807, 2.05) is 47.8 Å². The second kappa shape index (κ2) is 7.79. The van der Waals surface area contributed by atoms with E-state index in [1.54, 1.807) is 19.2 Å². The highest BCUT2D eigenvalue weighted by molar-refractivity contribution is 8.16. The van der Waals surface area contributed by atoms with E-state index in [0.29, 0.717) is 15.9 Å². The van der Waals surface area contributed by atoms with Crippen LogP contribution < -0.4 is 10.1 Å². The zero-order valence-corrected chi connectivity index (χ0v) is 14.6. The second-order valence-corrected chi connectivity index (χ2v) is 7.96. The summed E-state index contributed by atoms with van der Waals surface area (Å²) >= 11 is 3.96. The molecule has 5 heteroatoms. The highest BCUT2D eigenvalue weighted by atomic mass is 32.2. The van der Waals surface area contributed by atoms with Crippen molar-refractivity contribution in [2.45, 2.75) is 11.0 Å². The predicted octanol–water partition coefficient (Wildman–Crippen LogP) is 4.82. The molecular formula is C18H19NO2S2. The molecule has 120 valence electrons. The maximum Gasteiger partial charge on any atom is 0.255 e. The van der Waals surface area contributed by atoms with Crippen molar-refractivity contribution in [2.75, 3.05) is 23.9 Å². The summed E-state index contributed by atoms with van der Waals surface area (Å²) < 4.78 is 5.64. The fourth-order valence-electron chi connectivity index (χ4n) is 2.41. The van der Waals surface area contributed by atoms with Gasteiger partial charge in [-0.15, -0.1) is 23.5 Å². The van der Waals surface area contributed by atoms with Gasteiger partial charge < -0.3 is 10.1 Å². The summed E-state index contributed by atoms with van der Waals surface area (Å²) in [7, 11) is 1.60. The summed E-state index contributed by atoms with van der Waals surface area (Å²) in [6.07, 6.45) is 1.28. The Hall–Kier alpha value is -1.59. The van der Waals surface area contributed by atoms with E-state index >= 15 is 0 Å². The molecule has 1 saturated heterocycles. The van der Waals surface area contributed by atoms with Crippen LogP contribution in [-0.4, -0.2) is 24.5 Å². The van der Waals surface area contributed by atoms with Crippen molar-refractivity contribution in [3.63, 3.8) is 0 Å². The Labute approximate surface area is 145 Å². The first kappa shape index (κ1) is 16.3. The highest BCUT2D eigenvalue weighted by Gasteiger charge is 2.17. The van der Waals surface area contributed by atoms with Crippen LogP contribution in [0, 0.1) is 0 Å². The van der Waals surface area contributed by atoms with Gasteiger partial charge in [-0.2, -0.15) is 0 Å². The molecule has 1 heterocycles. The maximum atomic E-state index is 12.4. The quantitative estimate of drug-likeness (QED) is 0.862. The minimum absolute atomic E-state index is 0.120. The van der Waals surface area contributed by atoms with Crippen LogP contribution in [0.2, 0.25) is 0 Å². The smallest absolute Gasteiger partial charge is 0.255 e. The van der Waals surface area contributed by atoms with E-state index in [2.05, 4.69) is 17.4 Å². The molecular weight excluding hydrogens is 326 g/mol. The van der Waals surface area contributed by atoms with Crippen LogP contribution in [-0.2, 0) is 0 Å². The van der Waals surface area contributed by atoms with Crippen LogP contribution >= 0.6 is 23.5 Å². The molecule has 1 fully saturated rings. The van der Waals surface area contributed by atoms with Gasteiger partial charge in [0.1, 0.15) is 5.75 Å². The largest absolute Gasteiger partial charge is 0.497 e. The van der Waals surface area contributed by atoms with Crippen molar-refractivity contribution in [1.29, 1.82) is 0 Å². The Morgan fingerprint density at radius 3 is 2.70 bits per heavy atom. The summed E-state index contributed by atoms with van der Waals surface area (Å²) in [5.41, 5.74) is 2.70. The van der Waals surface area contributed by atoms with Gasteiger partial charge in [0.25, 0.3) is 5.91 Å². The number of methoxy groups -OCH3 is 1. The van der Waals surface area contributed by atoms with Crippen molar-refractivity contribution in [3.8, 4) is 5.75 Å². The molecule has 0 aliphatic carbocycles. The lowest BCUT2D eigenvalue weighted by Gasteiger charge is -2.21. The summed E-state index contributed by atoms with van der Waals surface area (Å²) in [6, 6.07) is 15.3. The Balaban J connectivity index is 1.73. The Morgan fingerprint density at radius 1 is 1.13 bits per heavy atom. The average molecular weight is 345 g/mol. The Kier molecular flexibility index (Phi) is 5.51. The van der Waals surface area contributed by atoms with E-state index < -0.39 is 0 Å². The third-order valence-electron chi connectivity index (χ3n) is 3.58. The number of anilines is 1. The molecule has 0 spiro atoms. The lowest BCUT2D eigenvalue weighted by Crippen LogP contribution is -2.12. The summed E-state index contributed by atoms with van der Waals surface area (Å²) in [5, 5.41) is 2.98. The molecule has 23 heavy (non-hydrogen) atoms. The lowest BCUT2D eigenvalue weighted by molar-refractivity contribution is 0.102. The van der Waals surface area contributed by atoms with Crippen molar-refractivity contribution in [3.05, 3.63) is 59.7 Å². The van der Waals surface area contributed by atoms with Crippen LogP contribution in [0.25, 0.3) is 0 Å². The number of nitrogens with one attached hydrogen (secondary N) is 1. The van der Waals surface area contributed by atoms with Gasteiger partial charge in [-0.3, -0.25) is 4.79 Å². The molecule has 0 aromatic heterocycles. The average Bonchev–Trinajstić information content (AvgIpc) is 2.63. The van der Waals surface area contributed by atoms with Gasteiger partial charge in [-0.05, 0) is 53.8 Å². The summed E-state index contributed by atoms with van der Waals surface area (Å²) in [6.45, 7) is 0. The van der Waals surface area contributed by atoms with Crippen molar-refractivity contribution in [2.24, 2.45) is 0 Å². The molecule has 2 aromatic carbocycles. The topological polar surface area (TPSA) is 38.3 Å². The number of carbonyl (C=O) groups excluding carboxylic acids is 1. The minimum atomic E-state index is -0.120. The Morgan fingerprint density at radius 2 is 1.91 bits per heavy atom. The molecule has 1 amide bonds. The van der Waals surface area contributed by atoms with Crippen LogP contribution in [0.1, 0.15) is 26.9 Å². The highest BCUT2D eigenvalue weighted by Crippen LogP contribution is 2.44. The van der Waals surface area contributed by atoms with Crippen molar-refractivity contribution < 1.29 is 9.53 Å². The number of hydrogen-bond donors (Lipinski definition) is 1. The van der Waals surface area contributed by atoms with Gasteiger partial charge in [0.2, 0.25) is 0 Å². The van der Waals surface area contributed by atoms with Gasteiger partial charge in [-0.1, -0.05) is 18.2 Å². The standard InChI is InChI=1S/C18H19NO2S2/c1-21-16-8-3-5-13(12-16)17(20)19-15-7-2-6-14(11-15)18-22-9-4-10-23-18/h2-3,5-8,11-12,18H,4,9-10H2,1H3,(H,19,20). The van der Waals surface area contributed by atoms with Crippen LogP contribution in [0.4, 0.5) is 5.69 Å². The van der Waals surface area contributed by atoms with Crippen molar-refractivity contribution >= 4 is 35.1 Å². The van der Waals surface area contributed by atoms with E-state index in [9.17, 15) is 4.79 Å². The van der Waals surface area contributed by atoms with E-state index in [0.717, 1.165) is 5.69 Å². The van der Waals surface area contributed by atoms with Gasteiger partial charge in [-0.25, -0.2) is 0 Å². The number of hydrogen-bond acceptors (Lipinski definition) is 4. The van der Waals surface area contributed by atoms with Crippen LogP contribution in [0.5, 0.6) is 5.75 Å². The van der Waals surface area contributed by atoms with Gasteiger partial charge in [0.05, 0.1) is 11.7 Å². The summed E-state index contributed by atoms with van der Waals surface area (Å²) in [5.74, 6) is 2.97. The summed E-state index contributed by atoms with van der Waals surface area (Å²) in [4.78, 5) is 12.4. The Bertz CT molecular complexity index is 684. The maximum absolute atomic E-state index is 12.4. The fraction of sp³-hybridized carbons (Fsp3) is 0.278. The van der Waals surface area contributed by atoms with Gasteiger partial charge in [0, 0.05) is 11.3 Å². The van der Waals surface area contributed by atoms with E-state index in [-0.39, 0.29) is 5.91 Å². The number of benzene rings is 2. The molecule has 0 bridgehead atoms. The first-order valence-corrected chi connectivity index (χ1v) is 9.64. The minimum Gasteiger partial charge on any atom is -0.497 e. The number of amides is 1. The first-order valence-electron chi connectivity index (χ1n) is 7.55. The SMILES string of the molecule is COc1cccc(C(=O)Nc2cccc(C3SCCCS3)c2)c1. The van der Waals surface area contributed by atoms with E-state index in [1.165, 1.54) is 23.5 Å². The third kappa shape index (κ3) is 4.24. The third-order valence-corrected chi connectivity index (χ3v) is 6.59. The molecule has 0 saturated carbocycles. The van der Waals surface area contributed by atoms with Gasteiger partial charge in [0.15, 0.2) is 0 Å². The molecule has 1 N–H and O–H groups in total. The first-order chi connectivity index (χ1) is 11.3. The van der Waals surface area contributed by atoms with Crippen molar-refractivity contribution in [1.82, 2.24) is 0 Å². The zero-order valence-electron chi connectivity index (χ0n) is 13.0. The lowest BCUT2D eigenvalue weighted by atomic mass is 10.2. The second-order valence-electron chi connectivity index (χ2n) is 5.24. The zero-order chi connectivity index (χ0) is 16.1. The molecule has 3 rings (SSSR count). The molecule has 0 atom stereocenters. The molecule has 3 nitrogen and oxygen atoms in total. The van der Waals surface area contributed by atoms with Crippen LogP contribution in [0.3, 0.4) is 0 Å². The van der Waals surface area contributed by atoms with Gasteiger partial charge >= 0.3 is 0 Å². The molecule has 0 radical (unpaired) electrons. The molecule has 1 aliphatic rings. The van der Waals surface area contributed by atoms with Crippen LogP contribution in [0.15, 0.2) is 48.5 Å². The predicted molar refractivity (Wildman–Crippen MR) is 99.7 cm³/mol. The number of ether oxygens (including phenoxy) is 1.